The van der Waals surface area contributed by atoms with Gasteiger partial charge >= 0.3 is 0 Å². The van der Waals surface area contributed by atoms with Crippen molar-refractivity contribution in [3.63, 3.8) is 0 Å². The van der Waals surface area contributed by atoms with Crippen LogP contribution in [-0.2, 0) is 4.79 Å². The van der Waals surface area contributed by atoms with Crippen molar-refractivity contribution in [1.29, 1.82) is 0 Å². The van der Waals surface area contributed by atoms with Crippen LogP contribution in [0, 0.1) is 5.82 Å². The maximum Gasteiger partial charge on any atom is 0.266 e. The minimum absolute atomic E-state index is 0.0510. The average molecular weight is 340 g/mol. The largest absolute Gasteiger partial charge is 0.481 e. The van der Waals surface area contributed by atoms with E-state index in [0.29, 0.717) is 11.6 Å². The first-order chi connectivity index (χ1) is 10.9. The van der Waals surface area contributed by atoms with E-state index in [1.807, 2.05) is 13.8 Å². The highest BCUT2D eigenvalue weighted by Gasteiger charge is 2.18. The molecule has 0 saturated carbocycles. The number of hydrogen-bond donors (Lipinski definition) is 1. The zero-order valence-corrected chi connectivity index (χ0v) is 14.0. The Hall–Kier alpha value is -2.08. The molecular weight excluding hydrogens is 321 g/mol. The summed E-state index contributed by atoms with van der Waals surface area (Å²) >= 11 is 5.70. The molecule has 1 aromatic carbocycles. The molecule has 7 heteroatoms. The molecule has 0 aliphatic carbocycles. The van der Waals surface area contributed by atoms with Gasteiger partial charge in [-0.05, 0) is 32.4 Å². The van der Waals surface area contributed by atoms with Gasteiger partial charge in [0.15, 0.2) is 6.10 Å². The molecule has 2 aromatic rings. The van der Waals surface area contributed by atoms with Crippen molar-refractivity contribution in [3.8, 4) is 5.75 Å². The van der Waals surface area contributed by atoms with E-state index in [9.17, 15) is 9.18 Å². The van der Waals surface area contributed by atoms with E-state index in [2.05, 4.69) is 10.4 Å². The molecule has 5 nitrogen and oxygen atoms in total. The van der Waals surface area contributed by atoms with E-state index in [1.54, 1.807) is 23.9 Å². The van der Waals surface area contributed by atoms with Gasteiger partial charge in [0.1, 0.15) is 17.4 Å². The van der Waals surface area contributed by atoms with Crippen LogP contribution in [0.1, 0.15) is 33.2 Å². The number of benzene rings is 1. The van der Waals surface area contributed by atoms with Crippen LogP contribution in [0.15, 0.2) is 30.5 Å². The molecule has 124 valence electrons. The first-order valence-corrected chi connectivity index (χ1v) is 7.76. The monoisotopic (exact) mass is 339 g/mol. The van der Waals surface area contributed by atoms with Crippen molar-refractivity contribution in [2.45, 2.75) is 39.3 Å². The number of rotatable bonds is 6. The summed E-state index contributed by atoms with van der Waals surface area (Å²) < 4.78 is 20.4. The summed E-state index contributed by atoms with van der Waals surface area (Å²) in [5.74, 6) is 0.0792. The number of halogens is 2. The molecule has 1 aromatic heterocycles. The second-order valence-electron chi connectivity index (χ2n) is 5.24. The van der Waals surface area contributed by atoms with E-state index >= 15 is 0 Å². The Morgan fingerprint density at radius 3 is 2.83 bits per heavy atom. The fraction of sp³-hybridized carbons (Fsp3) is 0.375. The highest BCUT2D eigenvalue weighted by molar-refractivity contribution is 6.30. The maximum atomic E-state index is 13.1. The summed E-state index contributed by atoms with van der Waals surface area (Å²) in [6.07, 6.45) is 1.76. The molecule has 23 heavy (non-hydrogen) atoms. The first kappa shape index (κ1) is 17.3. The standard InChI is InChI=1S/C16H19ClFN3O2/c1-4-10(2)21-15(7-8-19-21)20-16(22)11(3)23-12-5-6-14(18)13(17)9-12/h5-11H,4H2,1-3H3,(H,20,22)/t10-,11-/m0/s1. The van der Waals surface area contributed by atoms with Crippen molar-refractivity contribution in [1.82, 2.24) is 9.78 Å². The van der Waals surface area contributed by atoms with E-state index < -0.39 is 11.9 Å². The lowest BCUT2D eigenvalue weighted by Gasteiger charge is -2.17. The normalized spacial score (nSPS) is 13.4. The second kappa shape index (κ2) is 7.46. The molecule has 2 rings (SSSR count). The SMILES string of the molecule is CC[C@H](C)n1nccc1NC(=O)[C@H](C)Oc1ccc(F)c(Cl)c1. The van der Waals surface area contributed by atoms with Crippen molar-refractivity contribution < 1.29 is 13.9 Å². The van der Waals surface area contributed by atoms with Crippen molar-refractivity contribution in [3.05, 3.63) is 41.3 Å². The predicted octanol–water partition coefficient (Wildman–Crippen LogP) is 4.05. The van der Waals surface area contributed by atoms with E-state index in [4.69, 9.17) is 16.3 Å². The van der Waals surface area contributed by atoms with Crippen LogP contribution in [0.2, 0.25) is 5.02 Å². The van der Waals surface area contributed by atoms with Gasteiger partial charge in [-0.2, -0.15) is 5.10 Å². The third kappa shape index (κ3) is 4.22. The van der Waals surface area contributed by atoms with Crippen molar-refractivity contribution in [2.24, 2.45) is 0 Å². The van der Waals surface area contributed by atoms with Crippen molar-refractivity contribution in [2.75, 3.05) is 5.32 Å². The fourth-order valence-corrected chi connectivity index (χ4v) is 2.14. The Kier molecular flexibility index (Phi) is 5.60. The van der Waals surface area contributed by atoms with E-state index in [-0.39, 0.29) is 17.0 Å². The zero-order valence-electron chi connectivity index (χ0n) is 13.2. The van der Waals surface area contributed by atoms with Gasteiger partial charge in [-0.3, -0.25) is 4.79 Å². The van der Waals surface area contributed by atoms with Crippen LogP contribution in [0.25, 0.3) is 0 Å². The summed E-state index contributed by atoms with van der Waals surface area (Å²) in [6, 6.07) is 5.86. The molecule has 0 aliphatic rings. The Labute approximate surface area is 139 Å². The van der Waals surface area contributed by atoms with E-state index in [1.165, 1.54) is 18.2 Å². The van der Waals surface area contributed by atoms with Crippen LogP contribution < -0.4 is 10.1 Å². The minimum Gasteiger partial charge on any atom is -0.481 e. The summed E-state index contributed by atoms with van der Waals surface area (Å²) in [5.41, 5.74) is 0. The van der Waals surface area contributed by atoms with Gasteiger partial charge < -0.3 is 10.1 Å². The van der Waals surface area contributed by atoms with Crippen molar-refractivity contribution >= 4 is 23.3 Å². The summed E-state index contributed by atoms with van der Waals surface area (Å²) in [4.78, 5) is 12.2. The van der Waals surface area contributed by atoms with Crippen LogP contribution in [0.3, 0.4) is 0 Å². The van der Waals surface area contributed by atoms with Crippen LogP contribution in [0.4, 0.5) is 10.2 Å². The lowest BCUT2D eigenvalue weighted by Crippen LogP contribution is -2.31. The third-order valence-electron chi connectivity index (χ3n) is 3.50. The van der Waals surface area contributed by atoms with Gasteiger partial charge in [0.05, 0.1) is 17.3 Å². The van der Waals surface area contributed by atoms with E-state index in [0.717, 1.165) is 6.42 Å². The maximum absolute atomic E-state index is 13.1. The molecule has 0 bridgehead atoms. The molecule has 0 radical (unpaired) electrons. The van der Waals surface area contributed by atoms with Gasteiger partial charge in [0, 0.05) is 12.1 Å². The third-order valence-corrected chi connectivity index (χ3v) is 3.79. The molecule has 0 spiro atoms. The Balaban J connectivity index is 2.03. The molecular formula is C16H19ClFN3O2. The summed E-state index contributed by atoms with van der Waals surface area (Å²) in [6.45, 7) is 5.67. The number of ether oxygens (including phenoxy) is 1. The first-order valence-electron chi connectivity index (χ1n) is 7.38. The van der Waals surface area contributed by atoms with Crippen LogP contribution in [0.5, 0.6) is 5.75 Å². The molecule has 2 atom stereocenters. The number of nitrogens with zero attached hydrogens (tertiary/aromatic N) is 2. The summed E-state index contributed by atoms with van der Waals surface area (Å²) in [7, 11) is 0. The molecule has 0 unspecified atom stereocenters. The fourth-order valence-electron chi connectivity index (χ4n) is 1.97. The molecule has 1 heterocycles. The summed E-state index contributed by atoms with van der Waals surface area (Å²) in [5, 5.41) is 6.94. The van der Waals surface area contributed by atoms with Gasteiger partial charge in [-0.15, -0.1) is 0 Å². The number of anilines is 1. The lowest BCUT2D eigenvalue weighted by atomic mass is 10.3. The zero-order chi connectivity index (χ0) is 17.0. The Morgan fingerprint density at radius 2 is 2.17 bits per heavy atom. The molecule has 0 fully saturated rings. The topological polar surface area (TPSA) is 56.2 Å². The van der Waals surface area contributed by atoms with Crippen LogP contribution in [-0.4, -0.2) is 21.8 Å². The number of nitrogens with one attached hydrogen (secondary N) is 1. The smallest absolute Gasteiger partial charge is 0.266 e. The number of aromatic nitrogens is 2. The Bertz CT molecular complexity index is 690. The number of carbonyl (C=O) groups is 1. The minimum atomic E-state index is -0.767. The molecule has 0 aliphatic heterocycles. The number of hydrogen-bond acceptors (Lipinski definition) is 3. The van der Waals surface area contributed by atoms with Gasteiger partial charge in [0.25, 0.3) is 5.91 Å². The lowest BCUT2D eigenvalue weighted by molar-refractivity contribution is -0.122. The highest BCUT2D eigenvalue weighted by Crippen LogP contribution is 2.22. The number of carbonyl (C=O) groups excluding carboxylic acids is 1. The molecule has 1 N–H and O–H groups in total. The van der Waals surface area contributed by atoms with Gasteiger partial charge in [0.2, 0.25) is 0 Å². The second-order valence-corrected chi connectivity index (χ2v) is 5.65. The molecule has 0 saturated heterocycles. The highest BCUT2D eigenvalue weighted by atomic mass is 35.5. The van der Waals surface area contributed by atoms with Crippen LogP contribution >= 0.6 is 11.6 Å². The Morgan fingerprint density at radius 1 is 1.43 bits per heavy atom. The molecule has 1 amide bonds. The quantitative estimate of drug-likeness (QED) is 0.863. The predicted molar refractivity (Wildman–Crippen MR) is 87.4 cm³/mol. The average Bonchev–Trinajstić information content (AvgIpc) is 2.98. The van der Waals surface area contributed by atoms with Gasteiger partial charge in [-0.1, -0.05) is 18.5 Å². The number of amides is 1. The van der Waals surface area contributed by atoms with Gasteiger partial charge in [-0.25, -0.2) is 9.07 Å².